The minimum Gasteiger partial charge on any atom is -0.377 e. The van der Waals surface area contributed by atoms with Gasteiger partial charge in [-0.15, -0.1) is 0 Å². The van der Waals surface area contributed by atoms with Crippen LogP contribution in [-0.4, -0.2) is 25.1 Å². The summed E-state index contributed by atoms with van der Waals surface area (Å²) in [6, 6.07) is 4.49. The van der Waals surface area contributed by atoms with E-state index in [-0.39, 0.29) is 12.4 Å². The third kappa shape index (κ3) is 5.81. The van der Waals surface area contributed by atoms with Crippen LogP contribution in [0.25, 0.3) is 0 Å². The third-order valence-corrected chi connectivity index (χ3v) is 2.61. The van der Waals surface area contributed by atoms with E-state index in [0.29, 0.717) is 23.8 Å². The van der Waals surface area contributed by atoms with Gasteiger partial charge in [0.15, 0.2) is 0 Å². The molecule has 1 amide bonds. The van der Waals surface area contributed by atoms with Gasteiger partial charge in [0.25, 0.3) is 0 Å². The lowest BCUT2D eigenvalue weighted by Crippen LogP contribution is -2.24. The van der Waals surface area contributed by atoms with Crippen molar-refractivity contribution < 1.29 is 13.9 Å². The van der Waals surface area contributed by atoms with Crippen LogP contribution >= 0.6 is 0 Å². The van der Waals surface area contributed by atoms with E-state index in [0.717, 1.165) is 13.0 Å². The molecule has 3 N–H and O–H groups in total. The molecule has 0 fully saturated rings. The Hall–Kier alpha value is -1.46. The van der Waals surface area contributed by atoms with Crippen LogP contribution in [0.3, 0.4) is 0 Å². The lowest BCUT2D eigenvalue weighted by molar-refractivity contribution is 0.0999. The molecule has 0 aliphatic rings. The molecule has 0 saturated carbocycles. The highest BCUT2D eigenvalue weighted by molar-refractivity contribution is 5.92. The van der Waals surface area contributed by atoms with E-state index < -0.39 is 5.91 Å². The molecule has 0 spiro atoms. The number of halogens is 1. The highest BCUT2D eigenvalue weighted by Gasteiger charge is 2.07. The molecule has 1 aromatic carbocycles. The first-order valence-corrected chi connectivity index (χ1v) is 6.40. The molecule has 0 radical (unpaired) electrons. The van der Waals surface area contributed by atoms with E-state index in [4.69, 9.17) is 10.5 Å². The Morgan fingerprint density at radius 1 is 1.47 bits per heavy atom. The van der Waals surface area contributed by atoms with Crippen LogP contribution in [-0.2, 0) is 11.3 Å². The summed E-state index contributed by atoms with van der Waals surface area (Å²) < 4.78 is 18.9. The molecule has 0 heterocycles. The Balaban J connectivity index is 2.36. The first-order valence-electron chi connectivity index (χ1n) is 6.40. The highest BCUT2D eigenvalue weighted by Crippen LogP contribution is 2.11. The SMILES string of the molecule is CC(C)NCCCOCc1cc(C(N)=O)ccc1F. The van der Waals surface area contributed by atoms with E-state index >= 15 is 0 Å². The zero-order valence-corrected chi connectivity index (χ0v) is 11.4. The van der Waals surface area contributed by atoms with Crippen LogP contribution in [0.2, 0.25) is 0 Å². The minimum absolute atomic E-state index is 0.147. The Bertz CT molecular complexity index is 422. The Morgan fingerprint density at radius 2 is 2.21 bits per heavy atom. The van der Waals surface area contributed by atoms with Gasteiger partial charge in [-0.2, -0.15) is 0 Å². The van der Waals surface area contributed by atoms with Crippen LogP contribution in [0.1, 0.15) is 36.2 Å². The number of ether oxygens (including phenoxy) is 1. The number of benzene rings is 1. The molecule has 0 saturated heterocycles. The molecule has 106 valence electrons. The normalized spacial score (nSPS) is 10.9. The van der Waals surface area contributed by atoms with Crippen LogP contribution in [0.5, 0.6) is 0 Å². The number of rotatable bonds is 8. The van der Waals surface area contributed by atoms with E-state index in [1.54, 1.807) is 0 Å². The smallest absolute Gasteiger partial charge is 0.248 e. The van der Waals surface area contributed by atoms with E-state index in [1.807, 2.05) is 0 Å². The number of carbonyl (C=O) groups is 1. The maximum absolute atomic E-state index is 13.5. The third-order valence-electron chi connectivity index (χ3n) is 2.61. The lowest BCUT2D eigenvalue weighted by Gasteiger charge is -2.09. The van der Waals surface area contributed by atoms with E-state index in [2.05, 4.69) is 19.2 Å². The summed E-state index contributed by atoms with van der Waals surface area (Å²) in [5, 5.41) is 3.26. The summed E-state index contributed by atoms with van der Waals surface area (Å²) in [4.78, 5) is 11.0. The van der Waals surface area contributed by atoms with Gasteiger partial charge in [0.2, 0.25) is 5.91 Å². The first kappa shape index (κ1) is 15.6. The van der Waals surface area contributed by atoms with E-state index in [9.17, 15) is 9.18 Å². The summed E-state index contributed by atoms with van der Waals surface area (Å²) in [5.74, 6) is -0.951. The lowest BCUT2D eigenvalue weighted by atomic mass is 10.1. The average Bonchev–Trinajstić information content (AvgIpc) is 2.34. The predicted octanol–water partition coefficient (Wildman–Crippen LogP) is 1.83. The van der Waals surface area contributed by atoms with Gasteiger partial charge in [-0.3, -0.25) is 4.79 Å². The second kappa shape index (κ2) is 7.86. The molecular formula is C14H21FN2O2. The summed E-state index contributed by atoms with van der Waals surface area (Å²) in [5.41, 5.74) is 5.79. The Labute approximate surface area is 113 Å². The van der Waals surface area contributed by atoms with Gasteiger partial charge in [0.05, 0.1) is 6.61 Å². The van der Waals surface area contributed by atoms with Gasteiger partial charge < -0.3 is 15.8 Å². The van der Waals surface area contributed by atoms with Gasteiger partial charge in [-0.05, 0) is 31.2 Å². The Kier molecular flexibility index (Phi) is 6.45. The summed E-state index contributed by atoms with van der Waals surface area (Å²) in [6.07, 6.45) is 0.856. The molecular weight excluding hydrogens is 247 g/mol. The number of primary amides is 1. The van der Waals surface area contributed by atoms with Crippen LogP contribution in [0.15, 0.2) is 18.2 Å². The zero-order valence-electron chi connectivity index (χ0n) is 11.4. The second-order valence-corrected chi connectivity index (χ2v) is 4.69. The van der Waals surface area contributed by atoms with Crippen molar-refractivity contribution in [2.24, 2.45) is 5.73 Å². The summed E-state index contributed by atoms with van der Waals surface area (Å²) in [7, 11) is 0. The molecule has 0 aliphatic carbocycles. The topological polar surface area (TPSA) is 64.3 Å². The van der Waals surface area contributed by atoms with Crippen molar-refractivity contribution in [2.45, 2.75) is 32.9 Å². The molecule has 1 aromatic rings. The fraction of sp³-hybridized carbons (Fsp3) is 0.500. The zero-order chi connectivity index (χ0) is 14.3. The molecule has 0 unspecified atom stereocenters. The van der Waals surface area contributed by atoms with Gasteiger partial charge in [-0.1, -0.05) is 13.8 Å². The number of nitrogens with one attached hydrogen (secondary N) is 1. The van der Waals surface area contributed by atoms with Crippen molar-refractivity contribution in [3.8, 4) is 0 Å². The van der Waals surface area contributed by atoms with Gasteiger partial charge in [-0.25, -0.2) is 4.39 Å². The molecule has 0 aromatic heterocycles. The fourth-order valence-electron chi connectivity index (χ4n) is 1.59. The van der Waals surface area contributed by atoms with Crippen molar-refractivity contribution in [1.29, 1.82) is 0 Å². The highest BCUT2D eigenvalue weighted by atomic mass is 19.1. The standard InChI is InChI=1S/C14H21FN2O2/c1-10(2)17-6-3-7-19-9-12-8-11(14(16)18)4-5-13(12)15/h4-5,8,10,17H,3,6-7,9H2,1-2H3,(H2,16,18). The van der Waals surface area contributed by atoms with Crippen molar-refractivity contribution >= 4 is 5.91 Å². The number of carbonyl (C=O) groups excluding carboxylic acids is 1. The molecule has 4 nitrogen and oxygen atoms in total. The van der Waals surface area contributed by atoms with Crippen LogP contribution < -0.4 is 11.1 Å². The molecule has 0 aliphatic heterocycles. The van der Waals surface area contributed by atoms with Crippen molar-refractivity contribution in [2.75, 3.05) is 13.2 Å². The molecule has 5 heteroatoms. The number of hydrogen-bond acceptors (Lipinski definition) is 3. The average molecular weight is 268 g/mol. The van der Waals surface area contributed by atoms with Crippen molar-refractivity contribution in [1.82, 2.24) is 5.32 Å². The van der Waals surface area contributed by atoms with Crippen LogP contribution in [0, 0.1) is 5.82 Å². The fourth-order valence-corrected chi connectivity index (χ4v) is 1.59. The van der Waals surface area contributed by atoms with E-state index in [1.165, 1.54) is 18.2 Å². The summed E-state index contributed by atoms with van der Waals surface area (Å²) in [6.45, 7) is 5.70. The van der Waals surface area contributed by atoms with Crippen molar-refractivity contribution in [3.63, 3.8) is 0 Å². The number of hydrogen-bond donors (Lipinski definition) is 2. The van der Waals surface area contributed by atoms with Gasteiger partial charge in [0, 0.05) is 23.8 Å². The maximum atomic E-state index is 13.5. The molecule has 19 heavy (non-hydrogen) atoms. The molecule has 0 atom stereocenters. The maximum Gasteiger partial charge on any atom is 0.248 e. The minimum atomic E-state index is -0.567. The van der Waals surface area contributed by atoms with Crippen molar-refractivity contribution in [3.05, 3.63) is 35.1 Å². The molecule has 0 bridgehead atoms. The van der Waals surface area contributed by atoms with Gasteiger partial charge >= 0.3 is 0 Å². The predicted molar refractivity (Wildman–Crippen MR) is 72.3 cm³/mol. The largest absolute Gasteiger partial charge is 0.377 e. The van der Waals surface area contributed by atoms with Crippen LogP contribution in [0.4, 0.5) is 4.39 Å². The number of nitrogens with two attached hydrogens (primary N) is 1. The Morgan fingerprint density at radius 3 is 2.84 bits per heavy atom. The first-order chi connectivity index (χ1) is 9.00. The monoisotopic (exact) mass is 268 g/mol. The summed E-state index contributed by atoms with van der Waals surface area (Å²) >= 11 is 0. The molecule has 1 rings (SSSR count). The van der Waals surface area contributed by atoms with Gasteiger partial charge in [0.1, 0.15) is 5.82 Å². The number of amides is 1. The quantitative estimate of drug-likeness (QED) is 0.707. The second-order valence-electron chi connectivity index (χ2n) is 4.69.